The van der Waals surface area contributed by atoms with Crippen molar-refractivity contribution in [1.29, 1.82) is 0 Å². The lowest BCUT2D eigenvalue weighted by atomic mass is 10.0. The highest BCUT2D eigenvalue weighted by Crippen LogP contribution is 2.23. The Morgan fingerprint density at radius 3 is 2.67 bits per heavy atom. The topological polar surface area (TPSA) is 68.0 Å². The summed E-state index contributed by atoms with van der Waals surface area (Å²) in [6, 6.07) is 11.4. The monoisotopic (exact) mass is 297 g/mol. The van der Waals surface area contributed by atoms with Crippen LogP contribution in [0, 0.1) is 0 Å². The summed E-state index contributed by atoms with van der Waals surface area (Å²) in [4.78, 5) is 16.6. The van der Waals surface area contributed by atoms with Gasteiger partial charge in [-0.05, 0) is 29.8 Å². The number of hydrogen-bond acceptors (Lipinski definition) is 4. The molecule has 0 saturated carbocycles. The molecule has 0 saturated heterocycles. The fourth-order valence-electron chi connectivity index (χ4n) is 2.24. The van der Waals surface area contributed by atoms with Gasteiger partial charge in [-0.3, -0.25) is 4.79 Å². The van der Waals surface area contributed by atoms with Crippen LogP contribution in [0.1, 0.15) is 28.3 Å². The average molecular weight is 297 g/mol. The Morgan fingerprint density at radius 2 is 2.00 bits per heavy atom. The molecule has 3 N–H and O–H groups in total. The maximum atomic E-state index is 12.4. The fourth-order valence-corrected chi connectivity index (χ4v) is 2.88. The molecule has 4 nitrogen and oxygen atoms in total. The van der Waals surface area contributed by atoms with Crippen molar-refractivity contribution in [1.82, 2.24) is 10.3 Å². The molecule has 1 amide bonds. The minimum absolute atomic E-state index is 0.136. The number of nitrogens with two attached hydrogens (primary N) is 1. The van der Waals surface area contributed by atoms with Gasteiger partial charge in [0.1, 0.15) is 5.01 Å². The molecular formula is C16H15N3OS. The second-order valence-electron chi connectivity index (χ2n) is 4.85. The molecule has 1 atom stereocenters. The van der Waals surface area contributed by atoms with E-state index in [4.69, 9.17) is 5.73 Å². The molecule has 1 heterocycles. The predicted molar refractivity (Wildman–Crippen MR) is 86.4 cm³/mol. The van der Waals surface area contributed by atoms with E-state index in [1.54, 1.807) is 6.20 Å². The third kappa shape index (κ3) is 2.73. The van der Waals surface area contributed by atoms with Crippen molar-refractivity contribution < 1.29 is 4.79 Å². The first-order valence-corrected chi connectivity index (χ1v) is 7.51. The third-order valence-corrected chi connectivity index (χ3v) is 4.29. The number of amides is 1. The molecule has 0 aliphatic carbocycles. The van der Waals surface area contributed by atoms with Crippen LogP contribution in [0.25, 0.3) is 10.8 Å². The lowest BCUT2D eigenvalue weighted by molar-refractivity contribution is 0.0941. The van der Waals surface area contributed by atoms with E-state index in [1.807, 2.05) is 48.7 Å². The Hall–Kier alpha value is -2.40. The van der Waals surface area contributed by atoms with Gasteiger partial charge in [0.25, 0.3) is 5.91 Å². The summed E-state index contributed by atoms with van der Waals surface area (Å²) in [5, 5.41) is 7.73. The zero-order chi connectivity index (χ0) is 14.8. The van der Waals surface area contributed by atoms with Gasteiger partial charge in [-0.2, -0.15) is 0 Å². The minimum atomic E-state index is -0.180. The van der Waals surface area contributed by atoms with Crippen molar-refractivity contribution in [3.63, 3.8) is 0 Å². The number of carbonyl (C=O) groups is 1. The highest BCUT2D eigenvalue weighted by atomic mass is 32.1. The number of nitrogen functional groups attached to an aromatic ring is 1. The normalized spacial score (nSPS) is 12.2. The van der Waals surface area contributed by atoms with E-state index in [0.29, 0.717) is 11.3 Å². The Bertz CT molecular complexity index is 783. The summed E-state index contributed by atoms with van der Waals surface area (Å²) in [6.07, 6.45) is 1.73. The molecule has 1 aromatic heterocycles. The standard InChI is InChI=1S/C16H15N3OS/c1-10(16-18-6-7-21-16)19-15(20)13-8-11-4-2-3-5-12(11)9-14(13)17/h2-10H,17H2,1H3,(H,19,20). The van der Waals surface area contributed by atoms with Crippen LogP contribution in [0.15, 0.2) is 48.0 Å². The molecule has 0 aliphatic rings. The number of nitrogens with one attached hydrogen (secondary N) is 1. The minimum Gasteiger partial charge on any atom is -0.398 e. The largest absolute Gasteiger partial charge is 0.398 e. The number of thiazole rings is 1. The Labute approximate surface area is 126 Å². The van der Waals surface area contributed by atoms with Crippen LogP contribution in [-0.4, -0.2) is 10.9 Å². The van der Waals surface area contributed by atoms with Crippen LogP contribution in [0.2, 0.25) is 0 Å². The van der Waals surface area contributed by atoms with Gasteiger partial charge in [-0.1, -0.05) is 24.3 Å². The second kappa shape index (κ2) is 5.54. The van der Waals surface area contributed by atoms with Gasteiger partial charge in [0.15, 0.2) is 0 Å². The van der Waals surface area contributed by atoms with Gasteiger partial charge in [-0.25, -0.2) is 4.98 Å². The van der Waals surface area contributed by atoms with Crippen molar-refractivity contribution in [3.8, 4) is 0 Å². The zero-order valence-corrected chi connectivity index (χ0v) is 12.4. The van der Waals surface area contributed by atoms with Gasteiger partial charge in [0.05, 0.1) is 11.6 Å². The highest BCUT2D eigenvalue weighted by molar-refractivity contribution is 7.09. The number of benzene rings is 2. The smallest absolute Gasteiger partial charge is 0.253 e. The molecule has 0 bridgehead atoms. The van der Waals surface area contributed by atoms with E-state index in [1.165, 1.54) is 11.3 Å². The maximum absolute atomic E-state index is 12.4. The summed E-state index contributed by atoms with van der Waals surface area (Å²) < 4.78 is 0. The van der Waals surface area contributed by atoms with Crippen molar-refractivity contribution in [2.24, 2.45) is 0 Å². The Balaban J connectivity index is 1.89. The number of nitrogens with zero attached hydrogens (tertiary/aromatic N) is 1. The number of aromatic nitrogens is 1. The molecule has 21 heavy (non-hydrogen) atoms. The van der Waals surface area contributed by atoms with E-state index >= 15 is 0 Å². The molecule has 3 rings (SSSR count). The second-order valence-corrected chi connectivity index (χ2v) is 5.78. The maximum Gasteiger partial charge on any atom is 0.253 e. The quantitative estimate of drug-likeness (QED) is 0.728. The van der Waals surface area contributed by atoms with Crippen molar-refractivity contribution >= 4 is 33.7 Å². The van der Waals surface area contributed by atoms with Crippen LogP contribution in [-0.2, 0) is 0 Å². The summed E-state index contributed by atoms with van der Waals surface area (Å²) >= 11 is 1.52. The van der Waals surface area contributed by atoms with Crippen LogP contribution in [0.4, 0.5) is 5.69 Å². The number of anilines is 1. The molecule has 0 spiro atoms. The van der Waals surface area contributed by atoms with Crippen LogP contribution in [0.5, 0.6) is 0 Å². The van der Waals surface area contributed by atoms with Gasteiger partial charge in [-0.15, -0.1) is 11.3 Å². The van der Waals surface area contributed by atoms with Crippen molar-refractivity contribution in [2.45, 2.75) is 13.0 Å². The highest BCUT2D eigenvalue weighted by Gasteiger charge is 2.15. The van der Waals surface area contributed by atoms with Gasteiger partial charge in [0.2, 0.25) is 0 Å². The number of hydrogen-bond donors (Lipinski definition) is 2. The zero-order valence-electron chi connectivity index (χ0n) is 11.5. The Kier molecular flexibility index (Phi) is 3.58. The molecule has 106 valence electrons. The number of carbonyl (C=O) groups excluding carboxylic acids is 1. The summed E-state index contributed by atoms with van der Waals surface area (Å²) in [7, 11) is 0. The molecule has 0 radical (unpaired) electrons. The molecule has 0 fully saturated rings. The van der Waals surface area contributed by atoms with Crippen LogP contribution in [0.3, 0.4) is 0 Å². The van der Waals surface area contributed by atoms with E-state index in [0.717, 1.165) is 15.8 Å². The van der Waals surface area contributed by atoms with E-state index in [9.17, 15) is 4.79 Å². The van der Waals surface area contributed by atoms with Crippen LogP contribution >= 0.6 is 11.3 Å². The summed E-state index contributed by atoms with van der Waals surface area (Å²) in [5.41, 5.74) is 6.99. The third-order valence-electron chi connectivity index (χ3n) is 3.33. The lowest BCUT2D eigenvalue weighted by Crippen LogP contribution is -2.27. The SMILES string of the molecule is CC(NC(=O)c1cc2ccccc2cc1N)c1nccs1. The van der Waals surface area contributed by atoms with Crippen LogP contribution < -0.4 is 11.1 Å². The summed E-state index contributed by atoms with van der Waals surface area (Å²) in [6.45, 7) is 1.91. The first-order valence-electron chi connectivity index (χ1n) is 6.63. The number of fused-ring (bicyclic) bond motifs is 1. The first-order chi connectivity index (χ1) is 10.1. The average Bonchev–Trinajstić information content (AvgIpc) is 3.00. The van der Waals surface area contributed by atoms with Gasteiger partial charge < -0.3 is 11.1 Å². The van der Waals surface area contributed by atoms with Gasteiger partial charge >= 0.3 is 0 Å². The van der Waals surface area contributed by atoms with Gasteiger partial charge in [0, 0.05) is 17.3 Å². The Morgan fingerprint density at radius 1 is 1.29 bits per heavy atom. The molecule has 1 unspecified atom stereocenters. The van der Waals surface area contributed by atoms with Crippen molar-refractivity contribution in [2.75, 3.05) is 5.73 Å². The predicted octanol–water partition coefficient (Wildman–Crippen LogP) is 3.37. The van der Waals surface area contributed by atoms with Crippen molar-refractivity contribution in [3.05, 3.63) is 58.5 Å². The first kappa shape index (κ1) is 13.6. The molecule has 2 aromatic carbocycles. The van der Waals surface area contributed by atoms with E-state index < -0.39 is 0 Å². The molecule has 3 aromatic rings. The molecule has 0 aliphatic heterocycles. The molecule has 5 heteroatoms. The lowest BCUT2D eigenvalue weighted by Gasteiger charge is -2.13. The van der Waals surface area contributed by atoms with E-state index in [-0.39, 0.29) is 11.9 Å². The fraction of sp³-hybridized carbons (Fsp3) is 0.125. The molecular weight excluding hydrogens is 282 g/mol. The summed E-state index contributed by atoms with van der Waals surface area (Å²) in [5.74, 6) is -0.180. The number of rotatable bonds is 3. The van der Waals surface area contributed by atoms with E-state index in [2.05, 4.69) is 10.3 Å².